The number of rotatable bonds is 6. The van der Waals surface area contributed by atoms with Gasteiger partial charge < -0.3 is 33.9 Å². The van der Waals surface area contributed by atoms with Gasteiger partial charge in [0.05, 0.1) is 29.3 Å². The summed E-state index contributed by atoms with van der Waals surface area (Å²) in [5.41, 5.74) is -3.98. The van der Waals surface area contributed by atoms with E-state index in [4.69, 9.17) is 23.7 Å². The van der Waals surface area contributed by atoms with Crippen molar-refractivity contribution in [2.45, 2.75) is 88.5 Å². The van der Waals surface area contributed by atoms with Crippen LogP contribution in [-0.4, -0.2) is 82.4 Å². The number of epoxide rings is 1. The third kappa shape index (κ3) is 4.12. The molecule has 0 aromatic rings. The molecule has 11 heteroatoms. The van der Waals surface area contributed by atoms with Crippen LogP contribution in [0.3, 0.4) is 0 Å². The first-order valence-corrected chi connectivity index (χ1v) is 12.0. The van der Waals surface area contributed by atoms with Crippen LogP contribution in [0.25, 0.3) is 0 Å². The van der Waals surface area contributed by atoms with Crippen LogP contribution in [0.15, 0.2) is 23.3 Å². The molecule has 0 amide bonds. The average molecular weight is 509 g/mol. The number of carbonyl (C=O) groups is 4. The Morgan fingerprint density at radius 3 is 2.53 bits per heavy atom. The Kier molecular flexibility index (Phi) is 6.55. The number of hydrogen-bond acceptors (Lipinski definition) is 11. The molecule has 3 heterocycles. The van der Waals surface area contributed by atoms with Gasteiger partial charge in [0.25, 0.3) is 0 Å². The van der Waals surface area contributed by atoms with Gasteiger partial charge in [-0.2, -0.15) is 0 Å². The molecule has 7 atom stereocenters. The molecule has 2 saturated heterocycles. The fraction of sp³-hybridized carbons (Fsp3) is 0.680. The monoisotopic (exact) mass is 508 g/mol. The van der Waals surface area contributed by atoms with Gasteiger partial charge in [-0.15, -0.1) is 0 Å². The largest absolute Gasteiger partial charge is 0.461 e. The van der Waals surface area contributed by atoms with Crippen LogP contribution in [0.1, 0.15) is 53.4 Å². The highest BCUT2D eigenvalue weighted by molar-refractivity contribution is 5.94. The van der Waals surface area contributed by atoms with Gasteiger partial charge in [0.2, 0.25) is 0 Å². The quantitative estimate of drug-likeness (QED) is 0.224. The Bertz CT molecular complexity index is 1050. The highest BCUT2D eigenvalue weighted by atomic mass is 16.7. The maximum atomic E-state index is 12.9. The predicted molar refractivity (Wildman–Crippen MR) is 120 cm³/mol. The lowest BCUT2D eigenvalue weighted by Crippen LogP contribution is -2.55. The zero-order chi connectivity index (χ0) is 26.6. The van der Waals surface area contributed by atoms with Crippen LogP contribution in [0, 0.1) is 5.92 Å². The van der Waals surface area contributed by atoms with Crippen LogP contribution in [0.5, 0.6) is 0 Å². The molecule has 1 aliphatic carbocycles. The molecule has 2 N–H and O–H groups in total. The van der Waals surface area contributed by atoms with Crippen LogP contribution in [0.4, 0.5) is 0 Å². The Morgan fingerprint density at radius 1 is 1.22 bits per heavy atom. The van der Waals surface area contributed by atoms with E-state index in [1.54, 1.807) is 13.8 Å². The van der Waals surface area contributed by atoms with Gasteiger partial charge in [-0.25, -0.2) is 9.59 Å². The average Bonchev–Trinajstić information content (AvgIpc) is 3.30. The SMILES string of the molecule is C=C(CO)C(=O)O[C@H]1C[C@@]2(C)OC(=O)[C@H](CC)[C@]2(O)CC[C@@]2(C)O[C@H]2[C@H]2OC(=O)C(COC(C)=O)=C12. The fourth-order valence-electron chi connectivity index (χ4n) is 5.69. The molecule has 36 heavy (non-hydrogen) atoms. The lowest BCUT2D eigenvalue weighted by Gasteiger charge is -2.42. The Balaban J connectivity index is 1.86. The standard InChI is InChI=1S/C25H32O11/c1-6-15-22(30)36-24(5)9-16(33-20(28)12(2)10-26)17-14(11-32-13(3)27)21(29)34-18(17)19-23(4,35-19)7-8-25(15,24)31/h15-16,18-19,26,31H,2,6-11H2,1,3-5H3/t15-,16-,18-,19-,23+,24+,25+/m0/s1. The highest BCUT2D eigenvalue weighted by Gasteiger charge is 2.69. The molecular formula is C25H32O11. The molecule has 0 aromatic heterocycles. The zero-order valence-electron chi connectivity index (χ0n) is 20.8. The maximum Gasteiger partial charge on any atom is 0.338 e. The van der Waals surface area contributed by atoms with Crippen molar-refractivity contribution in [1.82, 2.24) is 0 Å². The molecule has 0 spiro atoms. The number of esters is 4. The van der Waals surface area contributed by atoms with Crippen LogP contribution in [0.2, 0.25) is 0 Å². The summed E-state index contributed by atoms with van der Waals surface area (Å²) in [5.74, 6) is -3.73. The summed E-state index contributed by atoms with van der Waals surface area (Å²) in [5, 5.41) is 21.3. The smallest absolute Gasteiger partial charge is 0.338 e. The summed E-state index contributed by atoms with van der Waals surface area (Å²) in [6.45, 7) is 8.73. The van der Waals surface area contributed by atoms with Crippen molar-refractivity contribution in [1.29, 1.82) is 0 Å². The second-order valence-corrected chi connectivity index (χ2v) is 10.3. The molecule has 3 fully saturated rings. The van der Waals surface area contributed by atoms with Gasteiger partial charge in [-0.1, -0.05) is 13.5 Å². The molecule has 1 saturated carbocycles. The minimum absolute atomic E-state index is 0.0236. The van der Waals surface area contributed by atoms with Crippen molar-refractivity contribution < 1.29 is 53.1 Å². The van der Waals surface area contributed by atoms with Gasteiger partial charge in [-0.05, 0) is 33.1 Å². The topological polar surface area (TPSA) is 158 Å². The van der Waals surface area contributed by atoms with Gasteiger partial charge >= 0.3 is 23.9 Å². The molecule has 0 radical (unpaired) electrons. The predicted octanol–water partition coefficient (Wildman–Crippen LogP) is 0.646. The van der Waals surface area contributed by atoms with Crippen molar-refractivity contribution in [3.8, 4) is 0 Å². The van der Waals surface area contributed by atoms with Crippen LogP contribution in [-0.2, 0) is 42.9 Å². The molecule has 3 aliphatic heterocycles. The summed E-state index contributed by atoms with van der Waals surface area (Å²) >= 11 is 0. The van der Waals surface area contributed by atoms with E-state index in [9.17, 15) is 29.4 Å². The molecule has 4 aliphatic rings. The van der Waals surface area contributed by atoms with E-state index in [1.165, 1.54) is 6.92 Å². The second kappa shape index (κ2) is 8.97. The number of aliphatic hydroxyl groups is 2. The van der Waals surface area contributed by atoms with E-state index < -0.39 is 78.1 Å². The molecule has 11 nitrogen and oxygen atoms in total. The van der Waals surface area contributed by atoms with Gasteiger partial charge in [0, 0.05) is 18.9 Å². The lowest BCUT2D eigenvalue weighted by atomic mass is 9.68. The van der Waals surface area contributed by atoms with Crippen molar-refractivity contribution in [3.63, 3.8) is 0 Å². The number of ether oxygens (including phenoxy) is 5. The summed E-state index contributed by atoms with van der Waals surface area (Å²) in [6, 6.07) is 0. The molecule has 4 rings (SSSR count). The maximum absolute atomic E-state index is 12.9. The van der Waals surface area contributed by atoms with Gasteiger partial charge in [-0.3, -0.25) is 9.59 Å². The van der Waals surface area contributed by atoms with Crippen LogP contribution < -0.4 is 0 Å². The van der Waals surface area contributed by atoms with E-state index >= 15 is 0 Å². The van der Waals surface area contributed by atoms with E-state index in [-0.39, 0.29) is 29.6 Å². The molecule has 0 aromatic carbocycles. The van der Waals surface area contributed by atoms with Crippen LogP contribution >= 0.6 is 0 Å². The molecule has 0 bridgehead atoms. The Hall–Kier alpha value is -2.76. The van der Waals surface area contributed by atoms with Gasteiger partial charge in [0.1, 0.15) is 30.0 Å². The highest BCUT2D eigenvalue weighted by Crippen LogP contribution is 2.55. The summed E-state index contributed by atoms with van der Waals surface area (Å²) in [4.78, 5) is 50.0. The summed E-state index contributed by atoms with van der Waals surface area (Å²) in [7, 11) is 0. The van der Waals surface area contributed by atoms with Gasteiger partial charge in [0.15, 0.2) is 6.10 Å². The van der Waals surface area contributed by atoms with Crippen molar-refractivity contribution >= 4 is 23.9 Å². The number of hydrogen-bond donors (Lipinski definition) is 2. The summed E-state index contributed by atoms with van der Waals surface area (Å²) in [6.07, 6.45) is -2.21. The Morgan fingerprint density at radius 2 is 1.92 bits per heavy atom. The first-order chi connectivity index (χ1) is 16.8. The van der Waals surface area contributed by atoms with E-state index in [0.29, 0.717) is 12.8 Å². The van der Waals surface area contributed by atoms with E-state index in [2.05, 4.69) is 6.58 Å². The Labute approximate surface area is 208 Å². The minimum atomic E-state index is -1.62. The number of carbonyl (C=O) groups excluding carboxylic acids is 4. The van der Waals surface area contributed by atoms with E-state index in [0.717, 1.165) is 0 Å². The zero-order valence-corrected chi connectivity index (χ0v) is 20.8. The third-order valence-electron chi connectivity index (χ3n) is 7.93. The normalized spacial score (nSPS) is 39.3. The first-order valence-electron chi connectivity index (χ1n) is 12.0. The minimum Gasteiger partial charge on any atom is -0.461 e. The second-order valence-electron chi connectivity index (χ2n) is 10.3. The molecule has 0 unspecified atom stereocenters. The number of fused-ring (bicyclic) bond motifs is 4. The van der Waals surface area contributed by atoms with Crippen molar-refractivity contribution in [2.24, 2.45) is 5.92 Å². The van der Waals surface area contributed by atoms with Crippen molar-refractivity contribution in [3.05, 3.63) is 23.3 Å². The molecule has 198 valence electrons. The summed E-state index contributed by atoms with van der Waals surface area (Å²) < 4.78 is 28.1. The third-order valence-corrected chi connectivity index (χ3v) is 7.93. The first kappa shape index (κ1) is 26.3. The van der Waals surface area contributed by atoms with Crippen molar-refractivity contribution in [2.75, 3.05) is 13.2 Å². The van der Waals surface area contributed by atoms with E-state index in [1.807, 2.05) is 6.92 Å². The molecular weight excluding hydrogens is 476 g/mol. The number of aliphatic hydroxyl groups excluding tert-OH is 1. The lowest BCUT2D eigenvalue weighted by molar-refractivity contribution is -0.167. The fourth-order valence-corrected chi connectivity index (χ4v) is 5.69.